The summed E-state index contributed by atoms with van der Waals surface area (Å²) in [4.78, 5) is 18.6. The molecule has 0 unspecified atom stereocenters. The summed E-state index contributed by atoms with van der Waals surface area (Å²) in [6.45, 7) is 4.15. The van der Waals surface area contributed by atoms with E-state index in [-0.39, 0.29) is 12.5 Å². The summed E-state index contributed by atoms with van der Waals surface area (Å²) in [5, 5.41) is 4.01. The molecule has 1 amide bonds. The van der Waals surface area contributed by atoms with E-state index in [0.717, 1.165) is 22.4 Å². The lowest BCUT2D eigenvalue weighted by atomic mass is 10.1. The number of methoxy groups -OCH3 is 1. The largest absolute Gasteiger partial charge is 0.496 e. The van der Waals surface area contributed by atoms with Crippen LogP contribution < -0.4 is 4.74 Å². The van der Waals surface area contributed by atoms with Gasteiger partial charge >= 0.3 is 0 Å². The lowest BCUT2D eigenvalue weighted by molar-refractivity contribution is 0.0769. The Kier molecular flexibility index (Phi) is 5.02. The van der Waals surface area contributed by atoms with Gasteiger partial charge in [-0.05, 0) is 43.7 Å². The Balaban J connectivity index is 1.73. The van der Waals surface area contributed by atoms with Gasteiger partial charge in [0.1, 0.15) is 5.75 Å². The summed E-state index contributed by atoms with van der Waals surface area (Å²) in [5.41, 5.74) is 3.51. The average Bonchev–Trinajstić information content (AvgIpc) is 3.09. The molecule has 6 heteroatoms. The Labute approximate surface area is 152 Å². The lowest BCUT2D eigenvalue weighted by Gasteiger charge is -2.15. The van der Waals surface area contributed by atoms with Crippen molar-refractivity contribution in [2.24, 2.45) is 0 Å². The minimum absolute atomic E-state index is 0.119. The smallest absolute Gasteiger partial charge is 0.254 e. The first-order valence-corrected chi connectivity index (χ1v) is 8.27. The number of hydrogen-bond donors (Lipinski definition) is 0. The monoisotopic (exact) mass is 351 g/mol. The molecule has 0 saturated carbocycles. The Morgan fingerprint density at radius 1 is 1.19 bits per heavy atom. The highest BCUT2D eigenvalue weighted by atomic mass is 16.5. The maximum absolute atomic E-state index is 12.6. The molecule has 0 aliphatic heterocycles. The zero-order chi connectivity index (χ0) is 18.7. The normalized spacial score (nSPS) is 10.6. The van der Waals surface area contributed by atoms with Crippen LogP contribution in [0.25, 0.3) is 11.4 Å². The molecule has 0 fully saturated rings. The van der Waals surface area contributed by atoms with E-state index in [1.165, 1.54) is 0 Å². The van der Waals surface area contributed by atoms with E-state index >= 15 is 0 Å². The van der Waals surface area contributed by atoms with E-state index in [1.54, 1.807) is 31.2 Å². The van der Waals surface area contributed by atoms with Crippen molar-refractivity contribution in [2.45, 2.75) is 20.4 Å². The van der Waals surface area contributed by atoms with E-state index in [4.69, 9.17) is 9.26 Å². The maximum Gasteiger partial charge on any atom is 0.254 e. The van der Waals surface area contributed by atoms with Crippen LogP contribution in [0.5, 0.6) is 5.75 Å². The van der Waals surface area contributed by atoms with Crippen LogP contribution in [-0.2, 0) is 6.54 Å². The van der Waals surface area contributed by atoms with Gasteiger partial charge in [-0.15, -0.1) is 0 Å². The number of rotatable bonds is 5. The third-order valence-corrected chi connectivity index (χ3v) is 4.11. The number of carbonyl (C=O) groups is 1. The van der Waals surface area contributed by atoms with Crippen molar-refractivity contribution in [1.82, 2.24) is 15.0 Å². The summed E-state index contributed by atoms with van der Waals surface area (Å²) in [6.07, 6.45) is 0. The first kappa shape index (κ1) is 17.7. The van der Waals surface area contributed by atoms with E-state index < -0.39 is 0 Å². The number of ether oxygens (including phenoxy) is 1. The SMILES string of the molecule is COc1ccc(C(=O)N(C)Cc2nc(-c3cccc(C)c3)no2)cc1C. The molecule has 134 valence electrons. The number of nitrogens with zero attached hydrogens (tertiary/aromatic N) is 3. The minimum atomic E-state index is -0.119. The van der Waals surface area contributed by atoms with Gasteiger partial charge in [0.25, 0.3) is 5.91 Å². The van der Waals surface area contributed by atoms with Crippen molar-refractivity contribution in [3.05, 3.63) is 65.0 Å². The molecule has 1 aromatic heterocycles. The molecule has 0 radical (unpaired) electrons. The highest BCUT2D eigenvalue weighted by Crippen LogP contribution is 2.20. The van der Waals surface area contributed by atoms with Crippen LogP contribution in [0.3, 0.4) is 0 Å². The predicted octanol–water partition coefficient (Wildman–Crippen LogP) is 3.63. The van der Waals surface area contributed by atoms with Gasteiger partial charge in [-0.25, -0.2) is 0 Å². The molecule has 2 aromatic carbocycles. The highest BCUT2D eigenvalue weighted by Gasteiger charge is 2.17. The number of carbonyl (C=O) groups excluding carboxylic acids is 1. The van der Waals surface area contributed by atoms with E-state index in [0.29, 0.717) is 17.3 Å². The summed E-state index contributed by atoms with van der Waals surface area (Å²) < 4.78 is 10.5. The zero-order valence-corrected chi connectivity index (χ0v) is 15.3. The summed E-state index contributed by atoms with van der Waals surface area (Å²) >= 11 is 0. The molecular weight excluding hydrogens is 330 g/mol. The fraction of sp³-hybridized carbons (Fsp3) is 0.250. The number of hydrogen-bond acceptors (Lipinski definition) is 5. The first-order valence-electron chi connectivity index (χ1n) is 8.27. The van der Waals surface area contributed by atoms with Gasteiger partial charge in [-0.3, -0.25) is 4.79 Å². The van der Waals surface area contributed by atoms with Gasteiger partial charge in [-0.1, -0.05) is 28.9 Å². The molecule has 0 N–H and O–H groups in total. The minimum Gasteiger partial charge on any atom is -0.496 e. The Hall–Kier alpha value is -3.15. The van der Waals surface area contributed by atoms with Crippen LogP contribution in [0.15, 0.2) is 47.0 Å². The molecule has 0 aliphatic rings. The zero-order valence-electron chi connectivity index (χ0n) is 15.3. The van der Waals surface area contributed by atoms with Crippen LogP contribution in [0.1, 0.15) is 27.4 Å². The van der Waals surface area contributed by atoms with Gasteiger partial charge in [0.2, 0.25) is 11.7 Å². The van der Waals surface area contributed by atoms with E-state index in [2.05, 4.69) is 10.1 Å². The fourth-order valence-corrected chi connectivity index (χ4v) is 2.73. The molecule has 3 aromatic rings. The number of aryl methyl sites for hydroxylation is 2. The second-order valence-electron chi connectivity index (χ2n) is 6.23. The Bertz CT molecular complexity index is 934. The van der Waals surface area contributed by atoms with Crippen LogP contribution in [0.4, 0.5) is 0 Å². The second kappa shape index (κ2) is 7.39. The fourth-order valence-electron chi connectivity index (χ4n) is 2.73. The summed E-state index contributed by atoms with van der Waals surface area (Å²) in [7, 11) is 3.32. The highest BCUT2D eigenvalue weighted by molar-refractivity contribution is 5.94. The van der Waals surface area contributed by atoms with Crippen LogP contribution in [0.2, 0.25) is 0 Å². The van der Waals surface area contributed by atoms with Crippen LogP contribution in [0, 0.1) is 13.8 Å². The number of aromatic nitrogens is 2. The molecular formula is C20H21N3O3. The Morgan fingerprint density at radius 3 is 2.69 bits per heavy atom. The van der Waals surface area contributed by atoms with Gasteiger partial charge < -0.3 is 14.2 Å². The van der Waals surface area contributed by atoms with Gasteiger partial charge in [0, 0.05) is 18.2 Å². The van der Waals surface area contributed by atoms with Crippen molar-refractivity contribution in [1.29, 1.82) is 0 Å². The van der Waals surface area contributed by atoms with Crippen molar-refractivity contribution in [3.8, 4) is 17.1 Å². The van der Waals surface area contributed by atoms with Gasteiger partial charge in [-0.2, -0.15) is 4.98 Å². The molecule has 6 nitrogen and oxygen atoms in total. The van der Waals surface area contributed by atoms with E-state index in [9.17, 15) is 4.79 Å². The van der Waals surface area contributed by atoms with Gasteiger partial charge in [0.15, 0.2) is 0 Å². The molecule has 0 spiro atoms. The first-order chi connectivity index (χ1) is 12.5. The number of benzene rings is 2. The van der Waals surface area contributed by atoms with E-state index in [1.807, 2.05) is 44.2 Å². The third kappa shape index (κ3) is 3.74. The second-order valence-corrected chi connectivity index (χ2v) is 6.23. The molecule has 0 aliphatic carbocycles. The maximum atomic E-state index is 12.6. The Morgan fingerprint density at radius 2 is 2.00 bits per heavy atom. The van der Waals surface area contributed by atoms with Crippen LogP contribution >= 0.6 is 0 Å². The van der Waals surface area contributed by atoms with Crippen molar-refractivity contribution < 1.29 is 14.1 Å². The standard InChI is InChI=1S/C20H21N3O3/c1-13-6-5-7-15(10-13)19-21-18(26-22-19)12-23(3)20(24)16-8-9-17(25-4)14(2)11-16/h5-11H,12H2,1-4H3. The topological polar surface area (TPSA) is 68.5 Å². The third-order valence-electron chi connectivity index (χ3n) is 4.11. The van der Waals surface area contributed by atoms with Crippen LogP contribution in [-0.4, -0.2) is 35.1 Å². The average molecular weight is 351 g/mol. The van der Waals surface area contributed by atoms with Crippen molar-refractivity contribution in [2.75, 3.05) is 14.2 Å². The molecule has 0 bridgehead atoms. The number of amides is 1. The summed E-state index contributed by atoms with van der Waals surface area (Å²) in [6, 6.07) is 13.2. The van der Waals surface area contributed by atoms with Gasteiger partial charge in [0.05, 0.1) is 13.7 Å². The lowest BCUT2D eigenvalue weighted by Crippen LogP contribution is -2.26. The van der Waals surface area contributed by atoms with Crippen molar-refractivity contribution in [3.63, 3.8) is 0 Å². The molecule has 0 saturated heterocycles. The molecule has 1 heterocycles. The molecule has 3 rings (SSSR count). The quantitative estimate of drug-likeness (QED) is 0.702. The summed E-state index contributed by atoms with van der Waals surface area (Å²) in [5.74, 6) is 1.54. The molecule has 0 atom stereocenters. The molecule has 26 heavy (non-hydrogen) atoms. The predicted molar refractivity (Wildman–Crippen MR) is 98.0 cm³/mol. The van der Waals surface area contributed by atoms with Crippen molar-refractivity contribution >= 4 is 5.91 Å².